The van der Waals surface area contributed by atoms with Crippen LogP contribution in [0.5, 0.6) is 11.5 Å². The summed E-state index contributed by atoms with van der Waals surface area (Å²) in [6.45, 7) is 0.561. The van der Waals surface area contributed by atoms with Crippen LogP contribution in [0, 0.1) is 11.8 Å². The van der Waals surface area contributed by atoms with E-state index < -0.39 is 0 Å². The molecule has 0 N–H and O–H groups in total. The van der Waals surface area contributed by atoms with Crippen LogP contribution in [-0.2, 0) is 0 Å². The first-order valence-corrected chi connectivity index (χ1v) is 5.28. The molecule has 1 aromatic rings. The predicted octanol–water partition coefficient (Wildman–Crippen LogP) is 3.12. The lowest BCUT2D eigenvalue weighted by molar-refractivity contribution is 0.174. The van der Waals surface area contributed by atoms with Crippen LogP contribution in [0.15, 0.2) is 17.2 Å². The molecule has 0 bridgehead atoms. The van der Waals surface area contributed by atoms with Gasteiger partial charge in [-0.1, -0.05) is 28.6 Å². The largest absolute Gasteiger partial charge is 0.454 e. The van der Waals surface area contributed by atoms with E-state index in [1.807, 2.05) is 0 Å². The van der Waals surface area contributed by atoms with E-state index in [9.17, 15) is 0 Å². The average molecular weight is 250 g/mol. The Bertz CT molecular complexity index is 542. The number of fused-ring (bicyclic) bond motifs is 1. The van der Waals surface area contributed by atoms with Gasteiger partial charge in [0.1, 0.15) is 0 Å². The van der Waals surface area contributed by atoms with E-state index in [0.29, 0.717) is 35.1 Å². The maximum absolute atomic E-state index is 8.09. The van der Waals surface area contributed by atoms with Gasteiger partial charge in [-0.3, -0.25) is 0 Å². The second-order valence-electron chi connectivity index (χ2n) is 3.19. The van der Waals surface area contributed by atoms with Crippen LogP contribution < -0.4 is 9.47 Å². The van der Waals surface area contributed by atoms with Gasteiger partial charge in [0.15, 0.2) is 11.5 Å². The van der Waals surface area contributed by atoms with Gasteiger partial charge in [0.05, 0.1) is 5.02 Å². The highest BCUT2D eigenvalue weighted by Gasteiger charge is 2.15. The fraction of sp³-hybridized carbons (Fsp3) is 0.273. The van der Waals surface area contributed by atoms with Crippen molar-refractivity contribution in [3.05, 3.63) is 33.2 Å². The van der Waals surface area contributed by atoms with Gasteiger partial charge >= 0.3 is 0 Å². The third-order valence-electron chi connectivity index (χ3n) is 2.09. The molecule has 17 heavy (non-hydrogen) atoms. The zero-order valence-corrected chi connectivity index (χ0v) is 9.57. The molecule has 0 unspecified atom stereocenters. The Kier molecular flexibility index (Phi) is 3.61. The summed E-state index contributed by atoms with van der Waals surface area (Å²) in [6, 6.07) is 3.42. The third-order valence-corrected chi connectivity index (χ3v) is 2.40. The van der Waals surface area contributed by atoms with Crippen molar-refractivity contribution in [2.24, 2.45) is 5.11 Å². The van der Waals surface area contributed by atoms with Gasteiger partial charge < -0.3 is 9.47 Å². The Labute approximate surface area is 103 Å². The predicted molar refractivity (Wildman–Crippen MR) is 63.1 cm³/mol. The molecule has 1 aliphatic heterocycles. The molecule has 86 valence electrons. The summed E-state index contributed by atoms with van der Waals surface area (Å²) in [4.78, 5) is 2.64. The van der Waals surface area contributed by atoms with Crippen LogP contribution in [0.3, 0.4) is 0 Å². The van der Waals surface area contributed by atoms with E-state index in [1.165, 1.54) is 0 Å². The maximum Gasteiger partial charge on any atom is 0.231 e. The van der Waals surface area contributed by atoms with Crippen LogP contribution in [0.25, 0.3) is 10.4 Å². The molecule has 0 spiro atoms. The maximum atomic E-state index is 8.09. The summed E-state index contributed by atoms with van der Waals surface area (Å²) < 4.78 is 10.4. The molecule has 6 heteroatoms. The summed E-state index contributed by atoms with van der Waals surface area (Å²) in [5.41, 5.74) is 8.77. The Balaban J connectivity index is 2.13. The second kappa shape index (κ2) is 5.35. The van der Waals surface area contributed by atoms with E-state index in [1.54, 1.807) is 12.1 Å². The third kappa shape index (κ3) is 2.76. The lowest BCUT2D eigenvalue weighted by Crippen LogP contribution is -1.92. The molecule has 0 aliphatic carbocycles. The van der Waals surface area contributed by atoms with E-state index in [4.69, 9.17) is 26.6 Å². The lowest BCUT2D eigenvalue weighted by atomic mass is 10.2. The molecule has 0 atom stereocenters. The van der Waals surface area contributed by atoms with Gasteiger partial charge in [0, 0.05) is 35.6 Å². The zero-order valence-electron chi connectivity index (χ0n) is 8.81. The zero-order chi connectivity index (χ0) is 12.1. The monoisotopic (exact) mass is 249 g/mol. The normalized spacial score (nSPS) is 11.4. The standard InChI is InChI=1S/C11H8ClN3O2/c12-9-6-11-10(16-7-17-11)5-8(9)3-1-2-4-14-15-13/h5-6H,2,4,7H2. The van der Waals surface area contributed by atoms with Crippen molar-refractivity contribution in [2.45, 2.75) is 6.42 Å². The minimum Gasteiger partial charge on any atom is -0.454 e. The summed E-state index contributed by atoms with van der Waals surface area (Å²) in [7, 11) is 0. The number of ether oxygens (including phenoxy) is 2. The van der Waals surface area contributed by atoms with Crippen LogP contribution in [0.4, 0.5) is 0 Å². The highest BCUT2D eigenvalue weighted by atomic mass is 35.5. The SMILES string of the molecule is [N-]=[N+]=NCCC#Cc1cc2c(cc1Cl)OCO2. The van der Waals surface area contributed by atoms with Gasteiger partial charge in [0.2, 0.25) is 6.79 Å². The second-order valence-corrected chi connectivity index (χ2v) is 3.60. The molecule has 0 radical (unpaired) electrons. The topological polar surface area (TPSA) is 67.2 Å². The molecule has 1 aromatic carbocycles. The number of nitrogens with zero attached hydrogens (tertiary/aromatic N) is 3. The number of azide groups is 1. The van der Waals surface area contributed by atoms with Crippen molar-refractivity contribution in [3.63, 3.8) is 0 Å². The molecular weight excluding hydrogens is 242 g/mol. The minimum atomic E-state index is 0.208. The lowest BCUT2D eigenvalue weighted by Gasteiger charge is -1.99. The summed E-state index contributed by atoms with van der Waals surface area (Å²) in [5, 5.41) is 3.90. The number of rotatable bonds is 2. The molecule has 2 rings (SSSR count). The Morgan fingerprint density at radius 2 is 2.18 bits per heavy atom. The summed E-state index contributed by atoms with van der Waals surface area (Å²) in [6.07, 6.45) is 0.495. The van der Waals surface area contributed by atoms with Crippen molar-refractivity contribution < 1.29 is 9.47 Å². The molecule has 0 saturated carbocycles. The molecule has 0 saturated heterocycles. The molecule has 1 aliphatic rings. The first-order valence-electron chi connectivity index (χ1n) is 4.90. The number of benzene rings is 1. The average Bonchev–Trinajstić information content (AvgIpc) is 2.76. The van der Waals surface area contributed by atoms with Crippen LogP contribution in [0.2, 0.25) is 5.02 Å². The molecule has 5 nitrogen and oxygen atoms in total. The van der Waals surface area contributed by atoms with Crippen LogP contribution >= 0.6 is 11.6 Å². The van der Waals surface area contributed by atoms with Gasteiger partial charge in [-0.15, -0.1) is 0 Å². The minimum absolute atomic E-state index is 0.208. The van der Waals surface area contributed by atoms with Crippen molar-refractivity contribution in [1.82, 2.24) is 0 Å². The molecular formula is C11H8ClN3O2. The Morgan fingerprint density at radius 3 is 2.94 bits per heavy atom. The summed E-state index contributed by atoms with van der Waals surface area (Å²) in [5.74, 6) is 7.05. The number of hydrogen-bond acceptors (Lipinski definition) is 3. The Hall–Kier alpha value is -2.02. The number of halogens is 1. The van der Waals surface area contributed by atoms with Crippen molar-refractivity contribution in [1.29, 1.82) is 0 Å². The van der Waals surface area contributed by atoms with E-state index in [-0.39, 0.29) is 6.79 Å². The van der Waals surface area contributed by atoms with E-state index in [2.05, 4.69) is 21.9 Å². The smallest absolute Gasteiger partial charge is 0.231 e. The van der Waals surface area contributed by atoms with E-state index >= 15 is 0 Å². The van der Waals surface area contributed by atoms with Crippen molar-refractivity contribution in [3.8, 4) is 23.3 Å². The molecule has 0 amide bonds. The first kappa shape index (κ1) is 11.5. The van der Waals surface area contributed by atoms with Gasteiger partial charge in [-0.05, 0) is 5.53 Å². The fourth-order valence-electron chi connectivity index (χ4n) is 1.32. The Morgan fingerprint density at radius 1 is 1.41 bits per heavy atom. The fourth-order valence-corrected chi connectivity index (χ4v) is 1.52. The van der Waals surface area contributed by atoms with Crippen molar-refractivity contribution >= 4 is 11.6 Å². The highest BCUT2D eigenvalue weighted by Crippen LogP contribution is 2.36. The summed E-state index contributed by atoms with van der Waals surface area (Å²) >= 11 is 6.03. The molecule has 0 aromatic heterocycles. The quantitative estimate of drug-likeness (QED) is 0.266. The van der Waals surface area contributed by atoms with Gasteiger partial charge in [-0.25, -0.2) is 0 Å². The highest BCUT2D eigenvalue weighted by molar-refractivity contribution is 6.32. The van der Waals surface area contributed by atoms with Crippen LogP contribution in [0.1, 0.15) is 12.0 Å². The molecule has 1 heterocycles. The van der Waals surface area contributed by atoms with Gasteiger partial charge in [-0.2, -0.15) is 0 Å². The molecule has 0 fully saturated rings. The van der Waals surface area contributed by atoms with Gasteiger partial charge in [0.25, 0.3) is 0 Å². The first-order chi connectivity index (χ1) is 8.31. The number of hydrogen-bond donors (Lipinski definition) is 0. The van der Waals surface area contributed by atoms with Crippen molar-refractivity contribution in [2.75, 3.05) is 13.3 Å². The van der Waals surface area contributed by atoms with E-state index in [0.717, 1.165) is 0 Å². The van der Waals surface area contributed by atoms with Crippen LogP contribution in [-0.4, -0.2) is 13.3 Å².